The summed E-state index contributed by atoms with van der Waals surface area (Å²) in [7, 11) is 1.30. The van der Waals surface area contributed by atoms with Crippen molar-refractivity contribution in [3.05, 3.63) is 22.6 Å². The first-order chi connectivity index (χ1) is 9.47. The summed E-state index contributed by atoms with van der Waals surface area (Å²) in [5, 5.41) is 0. The summed E-state index contributed by atoms with van der Waals surface area (Å²) in [4.78, 5) is 26.0. The Kier molecular flexibility index (Phi) is 4.13. The molecule has 1 saturated heterocycles. The first-order valence-corrected chi connectivity index (χ1v) is 6.50. The lowest BCUT2D eigenvalue weighted by atomic mass is 10.1. The molecule has 0 aliphatic carbocycles. The van der Waals surface area contributed by atoms with Crippen molar-refractivity contribution in [2.24, 2.45) is 0 Å². The average Bonchev–Trinajstić information content (AvgIpc) is 2.70. The van der Waals surface area contributed by atoms with Gasteiger partial charge in [-0.2, -0.15) is 0 Å². The third kappa shape index (κ3) is 2.43. The minimum Gasteiger partial charge on any atom is -0.467 e. The molecule has 1 aromatic heterocycles. The second-order valence-corrected chi connectivity index (χ2v) is 4.83. The van der Waals surface area contributed by atoms with Gasteiger partial charge < -0.3 is 18.8 Å². The summed E-state index contributed by atoms with van der Waals surface area (Å²) in [5.74, 6) is 0.609. The predicted octanol–water partition coefficient (Wildman–Crippen LogP) is 1.22. The summed E-state index contributed by atoms with van der Waals surface area (Å²) in [5.41, 5.74) is 1.33. The van der Waals surface area contributed by atoms with Gasteiger partial charge in [-0.25, -0.2) is 4.79 Å². The maximum atomic E-state index is 12.7. The number of carbonyl (C=O) groups is 2. The molecule has 1 fully saturated rings. The Bertz CT molecular complexity index is 534. The van der Waals surface area contributed by atoms with E-state index in [1.54, 1.807) is 6.92 Å². The largest absolute Gasteiger partial charge is 0.467 e. The van der Waals surface area contributed by atoms with Gasteiger partial charge in [-0.05, 0) is 20.8 Å². The molecule has 20 heavy (non-hydrogen) atoms. The summed E-state index contributed by atoms with van der Waals surface area (Å²) in [6.45, 7) is 6.34. The van der Waals surface area contributed by atoms with Crippen molar-refractivity contribution in [2.45, 2.75) is 26.8 Å². The number of morpholine rings is 1. The lowest BCUT2D eigenvalue weighted by molar-refractivity contribution is -0.151. The van der Waals surface area contributed by atoms with E-state index in [-0.39, 0.29) is 12.5 Å². The van der Waals surface area contributed by atoms with Crippen LogP contribution in [-0.2, 0) is 14.3 Å². The molecule has 0 bridgehead atoms. The Balaban J connectivity index is 2.32. The summed E-state index contributed by atoms with van der Waals surface area (Å²) < 4.78 is 15.5. The van der Waals surface area contributed by atoms with Crippen LogP contribution in [0.1, 0.15) is 27.4 Å². The molecule has 1 atom stereocenters. The number of methoxy groups -OCH3 is 1. The molecule has 1 aromatic rings. The van der Waals surface area contributed by atoms with Crippen molar-refractivity contribution in [3.63, 3.8) is 0 Å². The second-order valence-electron chi connectivity index (χ2n) is 4.83. The number of ether oxygens (including phenoxy) is 2. The SMILES string of the molecule is COC(=O)C1COCCN1C(=O)c1c(C)oc(C)c1C. The molecular formula is C14H19NO5. The number of aryl methyl sites for hydroxylation is 2. The number of carbonyl (C=O) groups excluding carboxylic acids is 2. The molecule has 0 spiro atoms. The molecule has 2 rings (SSSR count). The van der Waals surface area contributed by atoms with E-state index >= 15 is 0 Å². The van der Waals surface area contributed by atoms with E-state index in [1.165, 1.54) is 12.0 Å². The molecule has 0 radical (unpaired) electrons. The highest BCUT2D eigenvalue weighted by Crippen LogP contribution is 2.24. The molecule has 1 unspecified atom stereocenters. The van der Waals surface area contributed by atoms with Gasteiger partial charge in [0, 0.05) is 12.1 Å². The van der Waals surface area contributed by atoms with Crippen LogP contribution in [-0.4, -0.2) is 49.7 Å². The van der Waals surface area contributed by atoms with Gasteiger partial charge in [0.15, 0.2) is 6.04 Å². The Hall–Kier alpha value is -1.82. The topological polar surface area (TPSA) is 69.0 Å². The highest BCUT2D eigenvalue weighted by atomic mass is 16.5. The fraction of sp³-hybridized carbons (Fsp3) is 0.571. The van der Waals surface area contributed by atoms with Crippen LogP contribution in [0.25, 0.3) is 0 Å². The lowest BCUT2D eigenvalue weighted by Crippen LogP contribution is -2.53. The van der Waals surface area contributed by atoms with Crippen LogP contribution in [0.2, 0.25) is 0 Å². The molecule has 0 aromatic carbocycles. The van der Waals surface area contributed by atoms with Gasteiger partial charge in [0.2, 0.25) is 0 Å². The van der Waals surface area contributed by atoms with E-state index in [4.69, 9.17) is 13.9 Å². The minimum absolute atomic E-state index is 0.160. The van der Waals surface area contributed by atoms with E-state index in [1.807, 2.05) is 13.8 Å². The number of amides is 1. The van der Waals surface area contributed by atoms with Crippen LogP contribution in [0.4, 0.5) is 0 Å². The van der Waals surface area contributed by atoms with E-state index in [0.29, 0.717) is 30.2 Å². The van der Waals surface area contributed by atoms with Gasteiger partial charge in [0.1, 0.15) is 11.5 Å². The third-order valence-corrected chi connectivity index (χ3v) is 3.64. The van der Waals surface area contributed by atoms with Gasteiger partial charge >= 0.3 is 5.97 Å². The van der Waals surface area contributed by atoms with E-state index in [0.717, 1.165) is 5.56 Å². The molecular weight excluding hydrogens is 262 g/mol. The smallest absolute Gasteiger partial charge is 0.331 e. The quantitative estimate of drug-likeness (QED) is 0.762. The summed E-state index contributed by atoms with van der Waals surface area (Å²) >= 11 is 0. The van der Waals surface area contributed by atoms with E-state index in [2.05, 4.69) is 0 Å². The van der Waals surface area contributed by atoms with Gasteiger partial charge in [0.25, 0.3) is 5.91 Å². The fourth-order valence-electron chi connectivity index (χ4n) is 2.43. The molecule has 2 heterocycles. The zero-order chi connectivity index (χ0) is 14.9. The normalized spacial score (nSPS) is 19.0. The van der Waals surface area contributed by atoms with Crippen molar-refractivity contribution in [1.29, 1.82) is 0 Å². The van der Waals surface area contributed by atoms with E-state index in [9.17, 15) is 9.59 Å². The van der Waals surface area contributed by atoms with Gasteiger partial charge in [-0.15, -0.1) is 0 Å². The van der Waals surface area contributed by atoms with Crippen LogP contribution >= 0.6 is 0 Å². The Morgan fingerprint density at radius 2 is 1.95 bits per heavy atom. The zero-order valence-electron chi connectivity index (χ0n) is 12.2. The summed E-state index contributed by atoms with van der Waals surface area (Å²) in [6.07, 6.45) is 0. The standard InChI is InChI=1S/C14H19NO5/c1-8-9(2)20-10(3)12(8)13(16)15-5-6-19-7-11(15)14(17)18-4/h11H,5-7H2,1-4H3. The molecule has 0 N–H and O–H groups in total. The monoisotopic (exact) mass is 281 g/mol. The van der Waals surface area contributed by atoms with Crippen molar-refractivity contribution in [2.75, 3.05) is 26.9 Å². The first kappa shape index (κ1) is 14.6. The number of esters is 1. The van der Waals surface area contributed by atoms with Crippen molar-refractivity contribution in [1.82, 2.24) is 4.90 Å². The van der Waals surface area contributed by atoms with Crippen LogP contribution in [0.3, 0.4) is 0 Å². The first-order valence-electron chi connectivity index (χ1n) is 6.50. The van der Waals surface area contributed by atoms with Gasteiger partial charge in [-0.1, -0.05) is 0 Å². The second kappa shape index (κ2) is 5.66. The third-order valence-electron chi connectivity index (χ3n) is 3.64. The van der Waals surface area contributed by atoms with Crippen LogP contribution in [0.5, 0.6) is 0 Å². The minimum atomic E-state index is -0.699. The van der Waals surface area contributed by atoms with Crippen molar-refractivity contribution in [3.8, 4) is 0 Å². The fourth-order valence-corrected chi connectivity index (χ4v) is 2.43. The number of hydrogen-bond donors (Lipinski definition) is 0. The van der Waals surface area contributed by atoms with Gasteiger partial charge in [-0.3, -0.25) is 4.79 Å². The van der Waals surface area contributed by atoms with Crippen LogP contribution < -0.4 is 0 Å². The molecule has 0 saturated carbocycles. The Labute approximate surface area is 117 Å². The maximum Gasteiger partial charge on any atom is 0.331 e. The number of furan rings is 1. The lowest BCUT2D eigenvalue weighted by Gasteiger charge is -2.33. The molecule has 6 nitrogen and oxygen atoms in total. The van der Waals surface area contributed by atoms with E-state index < -0.39 is 12.0 Å². The highest BCUT2D eigenvalue weighted by Gasteiger charge is 2.36. The highest BCUT2D eigenvalue weighted by molar-refractivity contribution is 5.99. The van der Waals surface area contributed by atoms with Crippen molar-refractivity contribution < 1.29 is 23.5 Å². The molecule has 1 amide bonds. The molecule has 6 heteroatoms. The molecule has 1 aliphatic heterocycles. The number of hydrogen-bond acceptors (Lipinski definition) is 5. The van der Waals surface area contributed by atoms with Gasteiger partial charge in [0.05, 0.1) is 25.9 Å². The molecule has 1 aliphatic rings. The Morgan fingerprint density at radius 3 is 2.50 bits per heavy atom. The van der Waals surface area contributed by atoms with Crippen LogP contribution in [0, 0.1) is 20.8 Å². The Morgan fingerprint density at radius 1 is 1.25 bits per heavy atom. The summed E-state index contributed by atoms with van der Waals surface area (Å²) in [6, 6.07) is -0.699. The average molecular weight is 281 g/mol. The van der Waals surface area contributed by atoms with Crippen molar-refractivity contribution >= 4 is 11.9 Å². The maximum absolute atomic E-state index is 12.7. The number of nitrogens with zero attached hydrogens (tertiary/aromatic N) is 1. The predicted molar refractivity (Wildman–Crippen MR) is 70.6 cm³/mol. The zero-order valence-corrected chi connectivity index (χ0v) is 12.2. The molecule has 110 valence electrons. The number of rotatable bonds is 2. The van der Waals surface area contributed by atoms with Crippen LogP contribution in [0.15, 0.2) is 4.42 Å².